The monoisotopic (exact) mass is 536 g/mol. The van der Waals surface area contributed by atoms with E-state index in [9.17, 15) is 19.5 Å². The Hall–Kier alpha value is -4.30. The Morgan fingerprint density at radius 2 is 1.73 bits per heavy atom. The summed E-state index contributed by atoms with van der Waals surface area (Å²) in [7, 11) is 0. The van der Waals surface area contributed by atoms with E-state index >= 15 is 0 Å². The molecular formula is C32H32N4O4. The van der Waals surface area contributed by atoms with Crippen molar-refractivity contribution in [1.82, 2.24) is 4.90 Å². The number of nitrogens with one attached hydrogen (secondary N) is 1. The number of rotatable bonds is 7. The Labute approximate surface area is 233 Å². The van der Waals surface area contributed by atoms with E-state index in [-0.39, 0.29) is 17.4 Å². The van der Waals surface area contributed by atoms with E-state index in [1.807, 2.05) is 53.4 Å². The van der Waals surface area contributed by atoms with Crippen LogP contribution in [0.15, 0.2) is 71.7 Å². The van der Waals surface area contributed by atoms with Crippen LogP contribution in [0, 0.1) is 0 Å². The van der Waals surface area contributed by atoms with Gasteiger partial charge < -0.3 is 20.2 Å². The Kier molecular flexibility index (Phi) is 7.17. The van der Waals surface area contributed by atoms with E-state index in [0.717, 1.165) is 42.9 Å². The lowest BCUT2D eigenvalue weighted by Crippen LogP contribution is -2.35. The molecule has 6 rings (SSSR count). The first-order valence-corrected chi connectivity index (χ1v) is 14.0. The number of carbonyl (C=O) groups excluding carboxylic acids is 2. The van der Waals surface area contributed by atoms with E-state index in [2.05, 4.69) is 10.2 Å². The molecule has 1 fully saturated rings. The quantitative estimate of drug-likeness (QED) is 0.414. The summed E-state index contributed by atoms with van der Waals surface area (Å²) in [6.07, 6.45) is 5.00. The van der Waals surface area contributed by atoms with E-state index in [4.69, 9.17) is 4.99 Å². The van der Waals surface area contributed by atoms with Crippen LogP contribution >= 0.6 is 0 Å². The minimum Gasteiger partial charge on any atom is -0.478 e. The molecular weight excluding hydrogens is 504 g/mol. The van der Waals surface area contributed by atoms with Gasteiger partial charge in [-0.3, -0.25) is 14.6 Å². The highest BCUT2D eigenvalue weighted by atomic mass is 16.4. The SMILES string of the molecule is O=C(O)c1ccc2c(c1)NC(=O)C2C(=Nc1ccc2c(c1)CCN2C(=O)CCN1CCCCC1)c1ccccc1. The maximum absolute atomic E-state index is 13.2. The lowest BCUT2D eigenvalue weighted by atomic mass is 9.90. The third-order valence-electron chi connectivity index (χ3n) is 8.07. The molecule has 1 saturated heterocycles. The zero-order valence-corrected chi connectivity index (χ0v) is 22.3. The maximum Gasteiger partial charge on any atom is 0.335 e. The number of hydrogen-bond acceptors (Lipinski definition) is 5. The van der Waals surface area contributed by atoms with Crippen molar-refractivity contribution in [2.45, 2.75) is 38.0 Å². The number of aromatic carboxylic acids is 1. The number of carboxylic acids is 1. The molecule has 3 aromatic carbocycles. The van der Waals surface area contributed by atoms with Gasteiger partial charge in [-0.25, -0.2) is 4.79 Å². The molecule has 0 bridgehead atoms. The van der Waals surface area contributed by atoms with Crippen molar-refractivity contribution >= 4 is 40.6 Å². The first-order chi connectivity index (χ1) is 19.5. The van der Waals surface area contributed by atoms with Crippen molar-refractivity contribution in [3.05, 3.63) is 89.0 Å². The maximum atomic E-state index is 13.2. The second-order valence-electron chi connectivity index (χ2n) is 10.7. The summed E-state index contributed by atoms with van der Waals surface area (Å²) < 4.78 is 0. The third-order valence-corrected chi connectivity index (χ3v) is 8.07. The number of hydrogen-bond donors (Lipinski definition) is 2. The molecule has 3 aliphatic heterocycles. The van der Waals surface area contributed by atoms with Crippen LogP contribution in [-0.2, 0) is 16.0 Å². The largest absolute Gasteiger partial charge is 0.478 e. The summed E-state index contributed by atoms with van der Waals surface area (Å²) >= 11 is 0. The Morgan fingerprint density at radius 1 is 0.925 bits per heavy atom. The number of anilines is 2. The van der Waals surface area contributed by atoms with Gasteiger partial charge >= 0.3 is 5.97 Å². The molecule has 204 valence electrons. The summed E-state index contributed by atoms with van der Waals surface area (Å²) in [6, 6.07) is 20.1. The lowest BCUT2D eigenvalue weighted by Gasteiger charge is -2.27. The van der Waals surface area contributed by atoms with Crippen LogP contribution in [-0.4, -0.2) is 59.7 Å². The average molecular weight is 537 g/mol. The second-order valence-corrected chi connectivity index (χ2v) is 10.7. The summed E-state index contributed by atoms with van der Waals surface area (Å²) in [4.78, 5) is 47.0. The molecule has 3 aromatic rings. The number of piperidine rings is 1. The van der Waals surface area contributed by atoms with Gasteiger partial charge in [0.2, 0.25) is 11.8 Å². The van der Waals surface area contributed by atoms with Gasteiger partial charge in [0.25, 0.3) is 0 Å². The summed E-state index contributed by atoms with van der Waals surface area (Å²) in [5.74, 6) is -1.81. The standard InChI is InChI=1S/C32H32N4O4/c37-28(14-17-35-15-5-2-6-16-35)36-18-13-22-19-24(10-12-27(22)36)33-30(21-7-3-1-4-8-21)29-25-11-9-23(32(39)40)20-26(25)34-31(29)38/h1,3-4,7-12,19-20,29H,2,5-6,13-18H2,(H,34,38)(H,39,40). The average Bonchev–Trinajstić information content (AvgIpc) is 3.55. The minimum atomic E-state index is -1.05. The molecule has 3 heterocycles. The number of nitrogens with zero attached hydrogens (tertiary/aromatic N) is 3. The topological polar surface area (TPSA) is 102 Å². The minimum absolute atomic E-state index is 0.117. The molecule has 0 radical (unpaired) electrons. The molecule has 2 amide bonds. The van der Waals surface area contributed by atoms with Crippen LogP contribution in [0.3, 0.4) is 0 Å². The summed E-state index contributed by atoms with van der Waals surface area (Å²) in [5.41, 5.74) is 5.43. The van der Waals surface area contributed by atoms with Crippen LogP contribution in [0.4, 0.5) is 17.1 Å². The van der Waals surface area contributed by atoms with E-state index in [1.54, 1.807) is 6.07 Å². The van der Waals surface area contributed by atoms with Gasteiger partial charge in [0.1, 0.15) is 5.92 Å². The fourth-order valence-corrected chi connectivity index (χ4v) is 6.00. The van der Waals surface area contributed by atoms with Gasteiger partial charge in [0.05, 0.1) is 17.0 Å². The molecule has 8 heteroatoms. The van der Waals surface area contributed by atoms with Gasteiger partial charge in [-0.1, -0.05) is 42.8 Å². The van der Waals surface area contributed by atoms with Gasteiger partial charge in [-0.2, -0.15) is 0 Å². The molecule has 0 aliphatic carbocycles. The molecule has 0 aromatic heterocycles. The number of carboxylic acid groups (broad SMARTS) is 1. The van der Waals surface area contributed by atoms with Crippen LogP contribution in [0.25, 0.3) is 0 Å². The van der Waals surface area contributed by atoms with Crippen molar-refractivity contribution in [2.24, 2.45) is 4.99 Å². The summed E-state index contributed by atoms with van der Waals surface area (Å²) in [6.45, 7) is 3.64. The van der Waals surface area contributed by atoms with Gasteiger partial charge in [0.15, 0.2) is 0 Å². The van der Waals surface area contributed by atoms with Gasteiger partial charge in [0, 0.05) is 30.9 Å². The normalized spacial score (nSPS) is 18.8. The predicted molar refractivity (Wildman–Crippen MR) is 155 cm³/mol. The second kappa shape index (κ2) is 11.1. The number of likely N-dealkylation sites (tertiary alicyclic amines) is 1. The van der Waals surface area contributed by atoms with Crippen LogP contribution in [0.2, 0.25) is 0 Å². The number of carbonyl (C=O) groups is 3. The molecule has 8 nitrogen and oxygen atoms in total. The zero-order chi connectivity index (χ0) is 27.6. The van der Waals surface area contributed by atoms with Gasteiger partial charge in [-0.15, -0.1) is 0 Å². The van der Waals surface area contributed by atoms with Crippen molar-refractivity contribution in [3.8, 4) is 0 Å². The van der Waals surface area contributed by atoms with Gasteiger partial charge in [-0.05, 0) is 79.4 Å². The molecule has 0 saturated carbocycles. The molecule has 0 spiro atoms. The predicted octanol–water partition coefficient (Wildman–Crippen LogP) is 5.01. The van der Waals surface area contributed by atoms with Crippen molar-refractivity contribution < 1.29 is 19.5 Å². The highest BCUT2D eigenvalue weighted by Crippen LogP contribution is 2.38. The highest BCUT2D eigenvalue weighted by Gasteiger charge is 2.36. The van der Waals surface area contributed by atoms with Crippen molar-refractivity contribution in [1.29, 1.82) is 0 Å². The lowest BCUT2D eigenvalue weighted by molar-refractivity contribution is -0.119. The molecule has 1 unspecified atom stereocenters. The summed E-state index contributed by atoms with van der Waals surface area (Å²) in [5, 5.41) is 12.2. The van der Waals surface area contributed by atoms with E-state index < -0.39 is 11.9 Å². The number of aliphatic imine (C=N–C) groups is 1. The van der Waals surface area contributed by atoms with Crippen LogP contribution in [0.1, 0.15) is 58.6 Å². The van der Waals surface area contributed by atoms with Crippen LogP contribution in [0.5, 0.6) is 0 Å². The Morgan fingerprint density at radius 3 is 2.50 bits per heavy atom. The Bertz CT molecular complexity index is 1490. The molecule has 3 aliphatic rings. The van der Waals surface area contributed by atoms with Crippen molar-refractivity contribution in [3.63, 3.8) is 0 Å². The van der Waals surface area contributed by atoms with E-state index in [0.29, 0.717) is 35.6 Å². The van der Waals surface area contributed by atoms with E-state index in [1.165, 1.54) is 31.4 Å². The fourth-order valence-electron chi connectivity index (χ4n) is 6.00. The Balaban J connectivity index is 1.28. The number of fused-ring (bicyclic) bond motifs is 2. The first kappa shape index (κ1) is 26.0. The highest BCUT2D eigenvalue weighted by molar-refractivity contribution is 6.24. The third kappa shape index (κ3) is 5.14. The number of amides is 2. The van der Waals surface area contributed by atoms with Crippen molar-refractivity contribution in [2.75, 3.05) is 36.4 Å². The molecule has 1 atom stereocenters. The van der Waals surface area contributed by atoms with Crippen LogP contribution < -0.4 is 10.2 Å². The first-order valence-electron chi connectivity index (χ1n) is 14.0. The zero-order valence-electron chi connectivity index (χ0n) is 22.3. The molecule has 40 heavy (non-hydrogen) atoms. The smallest absolute Gasteiger partial charge is 0.335 e. The fraction of sp³-hybridized carbons (Fsp3) is 0.312. The number of benzene rings is 3. The molecule has 2 N–H and O–H groups in total.